The Morgan fingerprint density at radius 1 is 1.16 bits per heavy atom. The summed E-state index contributed by atoms with van der Waals surface area (Å²) < 4.78 is 0. The second-order valence-electron chi connectivity index (χ2n) is 4.97. The van der Waals surface area contributed by atoms with Crippen LogP contribution >= 0.6 is 35.1 Å². The molecule has 0 fully saturated rings. The van der Waals surface area contributed by atoms with Gasteiger partial charge in [0.1, 0.15) is 11.6 Å². The number of nitrogens with one attached hydrogen (secondary N) is 1. The molecule has 0 aliphatic carbocycles. The summed E-state index contributed by atoms with van der Waals surface area (Å²) in [5.41, 5.74) is 0.710. The van der Waals surface area contributed by atoms with Crippen LogP contribution in [0.3, 0.4) is 0 Å². The predicted molar refractivity (Wildman–Crippen MR) is 102 cm³/mol. The lowest BCUT2D eigenvalue weighted by molar-refractivity contribution is 0.937. The van der Waals surface area contributed by atoms with Crippen LogP contribution in [0.1, 0.15) is 5.56 Å². The summed E-state index contributed by atoms with van der Waals surface area (Å²) in [5, 5.41) is 10.4. The van der Waals surface area contributed by atoms with Crippen LogP contribution in [0.25, 0.3) is 11.3 Å². The van der Waals surface area contributed by atoms with E-state index in [0.717, 1.165) is 15.4 Å². The standard InChI is InChI=1S/C18H12ClN3OS2/c1-24-18-21-16(13(10-20)17(23)22-18)11-6-8-12(9-7-11)25-15-5-3-2-4-14(15)19/h2-9H,1H3,(H,21,22,23). The number of rotatable bonds is 4. The maximum atomic E-state index is 12.0. The van der Waals surface area contributed by atoms with Gasteiger partial charge in [0.05, 0.1) is 10.7 Å². The van der Waals surface area contributed by atoms with Gasteiger partial charge in [0.15, 0.2) is 5.16 Å². The fourth-order valence-electron chi connectivity index (χ4n) is 2.20. The molecule has 7 heteroatoms. The fourth-order valence-corrected chi connectivity index (χ4v) is 3.66. The maximum absolute atomic E-state index is 12.0. The van der Waals surface area contributed by atoms with E-state index < -0.39 is 5.56 Å². The third-order valence-corrected chi connectivity index (χ3v) is 5.50. The average Bonchev–Trinajstić information content (AvgIpc) is 2.63. The van der Waals surface area contributed by atoms with Crippen molar-refractivity contribution in [3.63, 3.8) is 0 Å². The Hall–Kier alpha value is -2.20. The first-order valence-corrected chi connectivity index (χ1v) is 9.65. The smallest absolute Gasteiger partial charge is 0.270 e. The van der Waals surface area contributed by atoms with Crippen LogP contribution < -0.4 is 5.56 Å². The van der Waals surface area contributed by atoms with Crippen molar-refractivity contribution in [2.45, 2.75) is 14.9 Å². The van der Waals surface area contributed by atoms with Gasteiger partial charge in [0.2, 0.25) is 0 Å². The molecule has 0 aliphatic rings. The Kier molecular flexibility index (Phi) is 5.49. The van der Waals surface area contributed by atoms with E-state index in [9.17, 15) is 10.1 Å². The number of hydrogen-bond donors (Lipinski definition) is 1. The molecule has 0 saturated carbocycles. The molecule has 3 rings (SSSR count). The largest absolute Gasteiger partial charge is 0.300 e. The summed E-state index contributed by atoms with van der Waals surface area (Å²) in [6, 6.07) is 17.1. The van der Waals surface area contributed by atoms with E-state index in [-0.39, 0.29) is 5.56 Å². The van der Waals surface area contributed by atoms with Gasteiger partial charge < -0.3 is 4.98 Å². The molecule has 1 N–H and O–H groups in total. The molecule has 0 spiro atoms. The number of halogens is 1. The molecule has 25 heavy (non-hydrogen) atoms. The number of benzene rings is 2. The van der Waals surface area contributed by atoms with Crippen molar-refractivity contribution in [2.24, 2.45) is 0 Å². The second-order valence-corrected chi connectivity index (χ2v) is 7.28. The van der Waals surface area contributed by atoms with Crippen molar-refractivity contribution in [1.82, 2.24) is 9.97 Å². The molecule has 0 bridgehead atoms. The van der Waals surface area contributed by atoms with Crippen LogP contribution in [0.15, 0.2) is 68.3 Å². The zero-order chi connectivity index (χ0) is 17.8. The van der Waals surface area contributed by atoms with Gasteiger partial charge in [-0.25, -0.2) is 4.98 Å². The average molecular weight is 386 g/mol. The minimum Gasteiger partial charge on any atom is -0.300 e. The summed E-state index contributed by atoms with van der Waals surface area (Å²) in [5.74, 6) is 0. The molecule has 1 heterocycles. The molecule has 124 valence electrons. The van der Waals surface area contributed by atoms with Gasteiger partial charge in [-0.15, -0.1) is 0 Å². The number of aromatic amines is 1. The highest BCUT2D eigenvalue weighted by Crippen LogP contribution is 2.34. The number of aromatic nitrogens is 2. The minimum absolute atomic E-state index is 0.0179. The van der Waals surface area contributed by atoms with Crippen molar-refractivity contribution in [2.75, 3.05) is 6.26 Å². The highest BCUT2D eigenvalue weighted by Gasteiger charge is 2.13. The molecule has 2 aromatic carbocycles. The first kappa shape index (κ1) is 17.6. The van der Waals surface area contributed by atoms with Crippen LogP contribution in [0.2, 0.25) is 5.02 Å². The van der Waals surface area contributed by atoms with E-state index in [2.05, 4.69) is 9.97 Å². The third kappa shape index (κ3) is 3.90. The lowest BCUT2D eigenvalue weighted by atomic mass is 10.1. The van der Waals surface area contributed by atoms with E-state index in [1.165, 1.54) is 11.8 Å². The number of thioether (sulfide) groups is 1. The summed E-state index contributed by atoms with van der Waals surface area (Å²) in [4.78, 5) is 21.0. The van der Waals surface area contributed by atoms with E-state index >= 15 is 0 Å². The molecule has 0 amide bonds. The third-order valence-electron chi connectivity index (χ3n) is 3.40. The van der Waals surface area contributed by atoms with Gasteiger partial charge in [-0.3, -0.25) is 4.79 Å². The second kappa shape index (κ2) is 7.79. The van der Waals surface area contributed by atoms with Crippen LogP contribution in [0, 0.1) is 11.3 Å². The molecule has 0 aliphatic heterocycles. The normalized spacial score (nSPS) is 10.4. The van der Waals surface area contributed by atoms with Gasteiger partial charge in [0, 0.05) is 15.4 Å². The van der Waals surface area contributed by atoms with Gasteiger partial charge in [-0.1, -0.05) is 59.4 Å². The first-order chi connectivity index (χ1) is 12.1. The summed E-state index contributed by atoms with van der Waals surface area (Å²) in [7, 11) is 0. The van der Waals surface area contributed by atoms with Crippen molar-refractivity contribution >= 4 is 35.1 Å². The molecule has 0 unspecified atom stereocenters. The van der Waals surface area contributed by atoms with E-state index in [0.29, 0.717) is 15.9 Å². The predicted octanol–water partition coefficient (Wildman–Crippen LogP) is 4.84. The van der Waals surface area contributed by atoms with E-state index in [1.54, 1.807) is 11.8 Å². The van der Waals surface area contributed by atoms with Gasteiger partial charge >= 0.3 is 0 Å². The highest BCUT2D eigenvalue weighted by atomic mass is 35.5. The van der Waals surface area contributed by atoms with Crippen LogP contribution in [0.4, 0.5) is 0 Å². The first-order valence-electron chi connectivity index (χ1n) is 7.23. The highest BCUT2D eigenvalue weighted by molar-refractivity contribution is 7.99. The molecule has 4 nitrogen and oxygen atoms in total. The van der Waals surface area contributed by atoms with Gasteiger partial charge in [-0.05, 0) is 30.5 Å². The lowest BCUT2D eigenvalue weighted by Gasteiger charge is -2.07. The monoisotopic (exact) mass is 385 g/mol. The summed E-state index contributed by atoms with van der Waals surface area (Å²) in [6.45, 7) is 0. The molecule has 0 saturated heterocycles. The van der Waals surface area contributed by atoms with Crippen LogP contribution in [0.5, 0.6) is 0 Å². The zero-order valence-electron chi connectivity index (χ0n) is 13.1. The summed E-state index contributed by atoms with van der Waals surface area (Å²) >= 11 is 9.06. The molecular formula is C18H12ClN3OS2. The maximum Gasteiger partial charge on any atom is 0.270 e. The Balaban J connectivity index is 1.96. The number of hydrogen-bond acceptors (Lipinski definition) is 5. The number of nitriles is 1. The Bertz CT molecular complexity index is 1010. The van der Waals surface area contributed by atoms with Crippen molar-refractivity contribution in [3.05, 3.63) is 69.5 Å². The minimum atomic E-state index is -0.425. The van der Waals surface area contributed by atoms with Gasteiger partial charge in [-0.2, -0.15) is 5.26 Å². The van der Waals surface area contributed by atoms with E-state index in [4.69, 9.17) is 11.6 Å². The molecule has 0 atom stereocenters. The van der Waals surface area contributed by atoms with E-state index in [1.807, 2.05) is 60.9 Å². The Morgan fingerprint density at radius 2 is 1.88 bits per heavy atom. The summed E-state index contributed by atoms with van der Waals surface area (Å²) in [6.07, 6.45) is 1.82. The van der Waals surface area contributed by atoms with Crippen LogP contribution in [-0.4, -0.2) is 16.2 Å². The molecule has 3 aromatic rings. The Morgan fingerprint density at radius 3 is 2.52 bits per heavy atom. The topological polar surface area (TPSA) is 69.5 Å². The van der Waals surface area contributed by atoms with Crippen molar-refractivity contribution in [3.8, 4) is 17.3 Å². The Labute approximate surface area is 158 Å². The lowest BCUT2D eigenvalue weighted by Crippen LogP contribution is -2.14. The quantitative estimate of drug-likeness (QED) is 0.514. The number of H-pyrrole nitrogens is 1. The van der Waals surface area contributed by atoms with Crippen LogP contribution in [-0.2, 0) is 0 Å². The van der Waals surface area contributed by atoms with Crippen molar-refractivity contribution < 1.29 is 0 Å². The number of nitrogens with zero attached hydrogens (tertiary/aromatic N) is 2. The fraction of sp³-hybridized carbons (Fsp3) is 0.0556. The van der Waals surface area contributed by atoms with Gasteiger partial charge in [0.25, 0.3) is 5.56 Å². The van der Waals surface area contributed by atoms with Crippen molar-refractivity contribution in [1.29, 1.82) is 5.26 Å². The molecule has 1 aromatic heterocycles. The molecule has 0 radical (unpaired) electrons. The molecular weight excluding hydrogens is 374 g/mol. The zero-order valence-corrected chi connectivity index (χ0v) is 15.5. The SMILES string of the molecule is CSc1nc(-c2ccc(Sc3ccccc3Cl)cc2)c(C#N)c(=O)[nH]1.